The fourth-order valence-corrected chi connectivity index (χ4v) is 6.44. The summed E-state index contributed by atoms with van der Waals surface area (Å²) >= 11 is 0. The standard InChI is InChI=1S/C31H42N6O3/c1-8-39-28-23-18-36(16-20(2)26(23)40-34-28)17-21-11-12-22(15-32)24(14-21)31(6)13-9-10-25-27(33-31)35(7)29(38)37(25)19-30(3,4)5/h10-12,14,20,23,26H,8-9,13,16-19H2,1-7H3. The van der Waals surface area contributed by atoms with Gasteiger partial charge in [-0.15, -0.1) is 0 Å². The van der Waals surface area contributed by atoms with Gasteiger partial charge in [0.15, 0.2) is 5.49 Å². The summed E-state index contributed by atoms with van der Waals surface area (Å²) in [5.74, 6) is 1.15. The van der Waals surface area contributed by atoms with Crippen molar-refractivity contribution in [2.45, 2.75) is 79.1 Å². The minimum atomic E-state index is -0.644. The summed E-state index contributed by atoms with van der Waals surface area (Å²) in [7, 11) is 1.79. The highest BCUT2D eigenvalue weighted by molar-refractivity contribution is 5.80. The number of ether oxygens (including phenoxy) is 1. The molecule has 0 saturated carbocycles. The molecule has 1 fully saturated rings. The Balaban J connectivity index is 1.49. The van der Waals surface area contributed by atoms with Crippen LogP contribution in [0.5, 0.6) is 0 Å². The summed E-state index contributed by atoms with van der Waals surface area (Å²) in [6.07, 6.45) is 3.71. The fraction of sp³-hybridized carbons (Fsp3) is 0.613. The number of hydrogen-bond acceptors (Lipinski definition) is 7. The Kier molecular flexibility index (Phi) is 7.43. The Labute approximate surface area is 236 Å². The van der Waals surface area contributed by atoms with Gasteiger partial charge in [0.05, 0.1) is 35.0 Å². The van der Waals surface area contributed by atoms with Crippen molar-refractivity contribution in [1.29, 1.82) is 5.26 Å². The number of rotatable bonds is 5. The monoisotopic (exact) mass is 546 g/mol. The van der Waals surface area contributed by atoms with Crippen LogP contribution in [0, 0.1) is 28.6 Å². The first-order chi connectivity index (χ1) is 18.9. The van der Waals surface area contributed by atoms with Gasteiger partial charge in [-0.25, -0.2) is 4.79 Å². The lowest BCUT2D eigenvalue weighted by molar-refractivity contribution is -0.0261. The number of likely N-dealkylation sites (tertiary alicyclic amines) is 1. The van der Waals surface area contributed by atoms with Crippen LogP contribution in [0.25, 0.3) is 6.08 Å². The highest BCUT2D eigenvalue weighted by Crippen LogP contribution is 2.36. The summed E-state index contributed by atoms with van der Waals surface area (Å²) in [5, 5.41) is 15.2. The number of nitriles is 1. The summed E-state index contributed by atoms with van der Waals surface area (Å²) in [5.41, 5.74) is 2.61. The van der Waals surface area contributed by atoms with Crippen LogP contribution in [0.3, 0.4) is 0 Å². The molecule has 2 aromatic rings. The van der Waals surface area contributed by atoms with Crippen LogP contribution in [-0.4, -0.2) is 45.7 Å². The maximum Gasteiger partial charge on any atom is 0.330 e. The fourth-order valence-electron chi connectivity index (χ4n) is 6.44. The molecule has 4 heterocycles. The molecule has 5 rings (SSSR count). The van der Waals surface area contributed by atoms with Crippen molar-refractivity contribution in [3.05, 3.63) is 56.2 Å². The van der Waals surface area contributed by atoms with Crippen LogP contribution in [-0.2, 0) is 35.3 Å². The average molecular weight is 547 g/mol. The minimum Gasteiger partial charge on any atom is -0.479 e. The molecule has 1 aromatic heterocycles. The van der Waals surface area contributed by atoms with Crippen LogP contribution in [0.15, 0.2) is 33.1 Å². The molecule has 4 unspecified atom stereocenters. The van der Waals surface area contributed by atoms with Crippen molar-refractivity contribution >= 4 is 12.0 Å². The first-order valence-electron chi connectivity index (χ1n) is 14.4. The highest BCUT2D eigenvalue weighted by atomic mass is 16.7. The van der Waals surface area contributed by atoms with E-state index in [1.807, 2.05) is 17.6 Å². The van der Waals surface area contributed by atoms with Crippen molar-refractivity contribution < 1.29 is 9.57 Å². The third-order valence-corrected chi connectivity index (χ3v) is 8.33. The van der Waals surface area contributed by atoms with E-state index in [1.165, 1.54) is 0 Å². The summed E-state index contributed by atoms with van der Waals surface area (Å²) < 4.78 is 9.28. The molecular formula is C31H42N6O3. The minimum absolute atomic E-state index is 0.0451. The van der Waals surface area contributed by atoms with E-state index in [0.29, 0.717) is 36.0 Å². The Morgan fingerprint density at radius 3 is 2.75 bits per heavy atom. The lowest BCUT2D eigenvalue weighted by Gasteiger charge is -2.37. The lowest BCUT2D eigenvalue weighted by atomic mass is 9.83. The molecule has 1 saturated heterocycles. The zero-order chi connectivity index (χ0) is 28.8. The van der Waals surface area contributed by atoms with E-state index in [4.69, 9.17) is 14.6 Å². The molecule has 9 heteroatoms. The SMILES string of the molecule is CCOC1=NOC2C(C)CN(Cc3ccc(C#N)c(C4(C)CCC=c5c(n(C)c(=O)n5CC(C)(C)C)=N4)c3)CC12. The van der Waals surface area contributed by atoms with Crippen molar-refractivity contribution in [2.24, 2.45) is 34.4 Å². The third-order valence-electron chi connectivity index (χ3n) is 8.33. The summed E-state index contributed by atoms with van der Waals surface area (Å²) in [4.78, 5) is 26.6. The molecule has 0 N–H and O–H groups in total. The van der Waals surface area contributed by atoms with Gasteiger partial charge in [0, 0.05) is 39.1 Å². The van der Waals surface area contributed by atoms with E-state index in [1.54, 1.807) is 11.6 Å². The van der Waals surface area contributed by atoms with E-state index in [0.717, 1.165) is 49.0 Å². The number of fused-ring (bicyclic) bond motifs is 2. The Hall–Kier alpha value is -3.38. The predicted molar refractivity (Wildman–Crippen MR) is 154 cm³/mol. The van der Waals surface area contributed by atoms with Crippen molar-refractivity contribution in [3.8, 4) is 6.07 Å². The smallest absolute Gasteiger partial charge is 0.330 e. The number of hydrogen-bond donors (Lipinski definition) is 0. The first kappa shape index (κ1) is 28.2. The summed E-state index contributed by atoms with van der Waals surface area (Å²) in [6, 6.07) is 8.53. The van der Waals surface area contributed by atoms with Gasteiger partial charge in [0.2, 0.25) is 5.90 Å². The molecule has 3 aliphatic rings. The summed E-state index contributed by atoms with van der Waals surface area (Å²) in [6.45, 7) is 16.3. The Morgan fingerprint density at radius 2 is 2.05 bits per heavy atom. The van der Waals surface area contributed by atoms with Crippen molar-refractivity contribution in [2.75, 3.05) is 19.7 Å². The molecule has 214 valence electrons. The van der Waals surface area contributed by atoms with E-state index in [9.17, 15) is 10.1 Å². The molecule has 0 spiro atoms. The molecule has 3 aliphatic heterocycles. The molecular weight excluding hydrogens is 504 g/mol. The Morgan fingerprint density at radius 1 is 1.27 bits per heavy atom. The molecule has 1 aromatic carbocycles. The first-order valence-corrected chi connectivity index (χ1v) is 14.4. The van der Waals surface area contributed by atoms with Gasteiger partial charge in [-0.2, -0.15) is 5.26 Å². The molecule has 40 heavy (non-hydrogen) atoms. The highest BCUT2D eigenvalue weighted by Gasteiger charge is 2.44. The van der Waals surface area contributed by atoms with Crippen molar-refractivity contribution in [1.82, 2.24) is 14.0 Å². The average Bonchev–Trinajstić information content (AvgIpc) is 3.31. The van der Waals surface area contributed by atoms with Gasteiger partial charge in [-0.05, 0) is 49.3 Å². The van der Waals surface area contributed by atoms with E-state index < -0.39 is 5.54 Å². The number of aromatic nitrogens is 2. The van der Waals surface area contributed by atoms with Gasteiger partial charge in [-0.1, -0.05) is 51.1 Å². The van der Waals surface area contributed by atoms with Gasteiger partial charge in [0.25, 0.3) is 0 Å². The van der Waals surface area contributed by atoms with Crippen LogP contribution < -0.4 is 16.5 Å². The molecule has 0 bridgehead atoms. The molecule has 0 amide bonds. The van der Waals surface area contributed by atoms with Crippen LogP contribution in [0.4, 0.5) is 0 Å². The lowest BCUT2D eigenvalue weighted by Crippen LogP contribution is -2.49. The second-order valence-corrected chi connectivity index (χ2v) is 13.0. The van der Waals surface area contributed by atoms with Gasteiger partial charge < -0.3 is 9.57 Å². The quantitative estimate of drug-likeness (QED) is 0.574. The maximum absolute atomic E-state index is 13.2. The number of piperidine rings is 1. The van der Waals surface area contributed by atoms with Gasteiger partial charge in [0.1, 0.15) is 6.10 Å². The molecule has 0 radical (unpaired) electrons. The second-order valence-electron chi connectivity index (χ2n) is 13.0. The zero-order valence-corrected chi connectivity index (χ0v) is 24.9. The zero-order valence-electron chi connectivity index (χ0n) is 24.9. The number of imidazole rings is 1. The normalized spacial score (nSPS) is 26.4. The topological polar surface area (TPSA) is 97.1 Å². The largest absolute Gasteiger partial charge is 0.479 e. The molecule has 9 nitrogen and oxygen atoms in total. The number of oxime groups is 1. The Bertz CT molecular complexity index is 1540. The molecule has 0 aliphatic carbocycles. The third kappa shape index (κ3) is 5.22. The second kappa shape index (κ2) is 10.5. The van der Waals surface area contributed by atoms with E-state index in [2.05, 4.69) is 69.0 Å². The van der Waals surface area contributed by atoms with E-state index in [-0.39, 0.29) is 23.1 Å². The van der Waals surface area contributed by atoms with Crippen LogP contribution in [0.2, 0.25) is 0 Å². The van der Waals surface area contributed by atoms with Gasteiger partial charge >= 0.3 is 5.69 Å². The van der Waals surface area contributed by atoms with Crippen LogP contribution in [0.1, 0.15) is 71.1 Å². The molecule has 4 atom stereocenters. The number of nitrogens with zero attached hydrogens (tertiary/aromatic N) is 6. The maximum atomic E-state index is 13.2. The van der Waals surface area contributed by atoms with Crippen molar-refractivity contribution in [3.63, 3.8) is 0 Å². The predicted octanol–water partition coefficient (Wildman–Crippen LogP) is 3.03. The van der Waals surface area contributed by atoms with Gasteiger partial charge in [-0.3, -0.25) is 19.0 Å². The van der Waals surface area contributed by atoms with E-state index >= 15 is 0 Å². The van der Waals surface area contributed by atoms with Crippen LogP contribution >= 0.6 is 0 Å². The number of benzene rings is 1.